The van der Waals surface area contributed by atoms with Crippen LogP contribution in [-0.4, -0.2) is 30.4 Å². The molecule has 2 aliphatic carbocycles. The van der Waals surface area contributed by atoms with Gasteiger partial charge in [0.2, 0.25) is 5.91 Å². The van der Waals surface area contributed by atoms with Gasteiger partial charge in [0.25, 0.3) is 0 Å². The van der Waals surface area contributed by atoms with Gasteiger partial charge in [0, 0.05) is 11.4 Å². The van der Waals surface area contributed by atoms with Crippen molar-refractivity contribution in [2.24, 2.45) is 17.3 Å². The van der Waals surface area contributed by atoms with Gasteiger partial charge in [-0.05, 0) is 62.1 Å². The van der Waals surface area contributed by atoms with Gasteiger partial charge in [0.1, 0.15) is 0 Å². The van der Waals surface area contributed by atoms with Gasteiger partial charge in [-0.3, -0.25) is 9.69 Å². The highest BCUT2D eigenvalue weighted by Gasteiger charge is 2.74. The van der Waals surface area contributed by atoms with E-state index in [2.05, 4.69) is 34.7 Å². The molecule has 1 amide bonds. The maximum Gasteiger partial charge on any atom is 0.226 e. The molecule has 0 bridgehead atoms. The predicted octanol–water partition coefficient (Wildman–Crippen LogP) is 3.05. The van der Waals surface area contributed by atoms with E-state index in [9.17, 15) is 4.79 Å². The van der Waals surface area contributed by atoms with E-state index in [1.807, 2.05) is 11.3 Å². The number of piperidine rings is 1. The highest BCUT2D eigenvalue weighted by Crippen LogP contribution is 2.75. The number of hydrogen-bond donors (Lipinski definition) is 1. The minimum absolute atomic E-state index is 0.0937. The summed E-state index contributed by atoms with van der Waals surface area (Å²) >= 11 is 1.82. The molecule has 1 saturated heterocycles. The number of amides is 1. The Hall–Kier alpha value is -0.870. The average Bonchev–Trinajstić information content (AvgIpc) is 3.28. The molecule has 1 aromatic rings. The number of hydrogen-bond acceptors (Lipinski definition) is 3. The first-order valence-corrected chi connectivity index (χ1v) is 9.13. The molecular formula is C17H24N2OS. The Morgan fingerprint density at radius 2 is 2.19 bits per heavy atom. The van der Waals surface area contributed by atoms with Crippen LogP contribution in [0, 0.1) is 17.3 Å². The topological polar surface area (TPSA) is 32.3 Å². The second-order valence-electron chi connectivity index (χ2n) is 7.22. The Kier molecular flexibility index (Phi) is 3.34. The summed E-state index contributed by atoms with van der Waals surface area (Å²) in [5.74, 6) is 1.89. The van der Waals surface area contributed by atoms with Crippen LogP contribution in [0.5, 0.6) is 0 Å². The largest absolute Gasteiger partial charge is 0.354 e. The standard InChI is InChI=1S/C17H24N2OS/c1-12-4-6-19(7-5-12)14(15-3-2-8-21-15)11-18-16(20)17-9-13(17)10-17/h2-3,8,12-14H,4-7,9-11H2,1H3,(H,18,20). The van der Waals surface area contributed by atoms with Crippen LogP contribution in [0.3, 0.4) is 0 Å². The highest BCUT2D eigenvalue weighted by atomic mass is 32.1. The fourth-order valence-corrected chi connectivity index (χ4v) is 4.53. The van der Waals surface area contributed by atoms with Crippen molar-refractivity contribution in [1.82, 2.24) is 10.2 Å². The van der Waals surface area contributed by atoms with Gasteiger partial charge in [-0.25, -0.2) is 0 Å². The molecule has 1 unspecified atom stereocenters. The first kappa shape index (κ1) is 13.8. The Morgan fingerprint density at radius 3 is 2.76 bits per heavy atom. The van der Waals surface area contributed by atoms with E-state index in [1.165, 1.54) is 17.7 Å². The zero-order valence-electron chi connectivity index (χ0n) is 12.7. The summed E-state index contributed by atoms with van der Waals surface area (Å²) in [7, 11) is 0. The minimum atomic E-state index is 0.0937. The van der Waals surface area contributed by atoms with E-state index in [1.54, 1.807) is 0 Å². The first-order chi connectivity index (χ1) is 10.2. The third-order valence-electron chi connectivity index (χ3n) is 5.72. The molecule has 3 aliphatic rings. The van der Waals surface area contributed by atoms with Crippen LogP contribution in [-0.2, 0) is 4.79 Å². The molecular weight excluding hydrogens is 280 g/mol. The SMILES string of the molecule is CC1CCN(C(CNC(=O)C23CC2C3)c2cccs2)CC1. The van der Waals surface area contributed by atoms with Gasteiger partial charge >= 0.3 is 0 Å². The third-order valence-corrected chi connectivity index (χ3v) is 6.69. The number of likely N-dealkylation sites (tertiary alicyclic amines) is 1. The Morgan fingerprint density at radius 1 is 1.48 bits per heavy atom. The van der Waals surface area contributed by atoms with E-state index in [0.29, 0.717) is 11.9 Å². The summed E-state index contributed by atoms with van der Waals surface area (Å²) in [6.07, 6.45) is 4.84. The molecule has 3 nitrogen and oxygen atoms in total. The number of rotatable bonds is 5. The summed E-state index contributed by atoms with van der Waals surface area (Å²) in [6.45, 7) is 5.45. The number of thiophene rings is 1. The van der Waals surface area contributed by atoms with Crippen LogP contribution in [0.2, 0.25) is 0 Å². The van der Waals surface area contributed by atoms with Gasteiger partial charge in [0.15, 0.2) is 0 Å². The summed E-state index contributed by atoms with van der Waals surface area (Å²) in [5, 5.41) is 5.40. The summed E-state index contributed by atoms with van der Waals surface area (Å²) in [4.78, 5) is 16.2. The number of nitrogens with one attached hydrogen (secondary N) is 1. The molecule has 1 atom stereocenters. The highest BCUT2D eigenvalue weighted by molar-refractivity contribution is 7.10. The third kappa shape index (κ3) is 2.53. The monoisotopic (exact) mass is 304 g/mol. The lowest BCUT2D eigenvalue weighted by molar-refractivity contribution is -0.124. The fraction of sp³-hybridized carbons (Fsp3) is 0.706. The maximum atomic E-state index is 12.3. The minimum Gasteiger partial charge on any atom is -0.354 e. The molecule has 0 aromatic carbocycles. The molecule has 3 fully saturated rings. The van der Waals surface area contributed by atoms with Gasteiger partial charge in [0.05, 0.1) is 11.5 Å². The summed E-state index contributed by atoms with van der Waals surface area (Å²) in [6, 6.07) is 4.71. The van der Waals surface area contributed by atoms with Gasteiger partial charge < -0.3 is 5.32 Å². The molecule has 0 radical (unpaired) electrons. The molecule has 114 valence electrons. The van der Waals surface area contributed by atoms with Crippen LogP contribution in [0.15, 0.2) is 17.5 Å². The van der Waals surface area contributed by atoms with Crippen LogP contribution in [0.4, 0.5) is 0 Å². The van der Waals surface area contributed by atoms with E-state index >= 15 is 0 Å². The molecule has 1 aromatic heterocycles. The van der Waals surface area contributed by atoms with Gasteiger partial charge in [-0.15, -0.1) is 11.3 Å². The maximum absolute atomic E-state index is 12.3. The first-order valence-electron chi connectivity index (χ1n) is 8.25. The van der Waals surface area contributed by atoms with Crippen molar-refractivity contribution in [1.29, 1.82) is 0 Å². The van der Waals surface area contributed by atoms with Crippen molar-refractivity contribution < 1.29 is 4.79 Å². The summed E-state index contributed by atoms with van der Waals surface area (Å²) < 4.78 is 0. The van der Waals surface area contributed by atoms with Crippen molar-refractivity contribution in [2.75, 3.05) is 19.6 Å². The molecule has 4 heteroatoms. The summed E-state index contributed by atoms with van der Waals surface area (Å²) in [5.41, 5.74) is 0.0937. The van der Waals surface area contributed by atoms with Crippen molar-refractivity contribution >= 4 is 17.2 Å². The predicted molar refractivity (Wildman–Crippen MR) is 85.2 cm³/mol. The lowest BCUT2D eigenvalue weighted by atomic mass is 9.97. The van der Waals surface area contributed by atoms with E-state index < -0.39 is 0 Å². The Labute approximate surface area is 130 Å². The van der Waals surface area contributed by atoms with E-state index in [4.69, 9.17) is 0 Å². The lowest BCUT2D eigenvalue weighted by Crippen LogP contribution is -2.42. The van der Waals surface area contributed by atoms with Gasteiger partial charge in [-0.2, -0.15) is 0 Å². The van der Waals surface area contributed by atoms with E-state index in [0.717, 1.165) is 44.3 Å². The molecule has 21 heavy (non-hydrogen) atoms. The number of carbonyl (C=O) groups is 1. The normalized spacial score (nSPS) is 33.3. The fourth-order valence-electron chi connectivity index (χ4n) is 3.67. The number of carbonyl (C=O) groups excluding carboxylic acids is 1. The molecule has 4 rings (SSSR count). The molecule has 2 saturated carbocycles. The quantitative estimate of drug-likeness (QED) is 0.907. The molecule has 2 heterocycles. The van der Waals surface area contributed by atoms with Gasteiger partial charge in [-0.1, -0.05) is 13.0 Å². The van der Waals surface area contributed by atoms with E-state index in [-0.39, 0.29) is 5.41 Å². The van der Waals surface area contributed by atoms with Crippen LogP contribution < -0.4 is 5.32 Å². The smallest absolute Gasteiger partial charge is 0.226 e. The average molecular weight is 304 g/mol. The second kappa shape index (κ2) is 5.10. The molecule has 1 aliphatic heterocycles. The van der Waals surface area contributed by atoms with Crippen molar-refractivity contribution in [3.05, 3.63) is 22.4 Å². The zero-order chi connectivity index (χ0) is 14.4. The molecule has 0 spiro atoms. The Balaban J connectivity index is 1.41. The zero-order valence-corrected chi connectivity index (χ0v) is 13.5. The van der Waals surface area contributed by atoms with Crippen LogP contribution in [0.25, 0.3) is 0 Å². The van der Waals surface area contributed by atoms with Crippen molar-refractivity contribution in [3.63, 3.8) is 0 Å². The number of nitrogens with zero attached hydrogens (tertiary/aromatic N) is 1. The van der Waals surface area contributed by atoms with Crippen molar-refractivity contribution in [2.45, 2.75) is 38.6 Å². The number of fused-ring (bicyclic) bond motifs is 1. The van der Waals surface area contributed by atoms with Crippen LogP contribution in [0.1, 0.15) is 43.5 Å². The second-order valence-corrected chi connectivity index (χ2v) is 8.20. The lowest BCUT2D eigenvalue weighted by Gasteiger charge is -2.36. The molecule has 1 N–H and O–H groups in total. The van der Waals surface area contributed by atoms with Crippen molar-refractivity contribution in [3.8, 4) is 0 Å². The van der Waals surface area contributed by atoms with Crippen LogP contribution >= 0.6 is 11.3 Å². The Bertz CT molecular complexity index is 513.